The van der Waals surface area contributed by atoms with E-state index in [1.165, 1.54) is 7.05 Å². The molecule has 0 bridgehead atoms. The summed E-state index contributed by atoms with van der Waals surface area (Å²) in [6.45, 7) is 1.48. The van der Waals surface area contributed by atoms with E-state index in [-0.39, 0.29) is 49.2 Å². The molecule has 1 saturated carbocycles. The lowest BCUT2D eigenvalue weighted by Gasteiger charge is -2.38. The summed E-state index contributed by atoms with van der Waals surface area (Å²) in [7, 11) is 1.50. The molecule has 5 rings (SSSR count). The summed E-state index contributed by atoms with van der Waals surface area (Å²) < 4.78 is 33.0. The average Bonchev–Trinajstić information content (AvgIpc) is 3.49. The largest absolute Gasteiger partial charge is 0.427 e. The number of aryl methyl sites for hydroxylation is 1. The maximum absolute atomic E-state index is 13.7. The summed E-state index contributed by atoms with van der Waals surface area (Å²) in [6.07, 6.45) is 1.70. The van der Waals surface area contributed by atoms with Crippen LogP contribution in [-0.2, 0) is 26.3 Å². The zero-order valence-corrected chi connectivity index (χ0v) is 21.0. The number of likely N-dealkylation sites (tertiary alicyclic amines) is 1. The van der Waals surface area contributed by atoms with Crippen molar-refractivity contribution in [3.05, 3.63) is 29.3 Å². The van der Waals surface area contributed by atoms with Gasteiger partial charge < -0.3 is 20.3 Å². The van der Waals surface area contributed by atoms with Crippen LogP contribution in [0.1, 0.15) is 63.0 Å². The smallest absolute Gasteiger partial charge is 0.418 e. The molecule has 0 aromatic heterocycles. The number of urea groups is 1. The van der Waals surface area contributed by atoms with Gasteiger partial charge in [-0.1, -0.05) is 6.07 Å². The van der Waals surface area contributed by atoms with E-state index in [1.807, 2.05) is 6.92 Å². The molecule has 3 atom stereocenters. The fraction of sp³-hybridized carbons (Fsp3) is 0.615. The fourth-order valence-electron chi connectivity index (χ4n) is 6.50. The number of carbonyl (C=O) groups excluding carboxylic acids is 4. The van der Waals surface area contributed by atoms with Crippen molar-refractivity contribution in [2.75, 3.05) is 18.9 Å². The van der Waals surface area contributed by atoms with Crippen LogP contribution in [0.2, 0.25) is 0 Å². The molecule has 1 aromatic rings. The first-order chi connectivity index (χ1) is 17.5. The SMILES string of the molecule is CNC(=O)Nc1ccc2c(c1)CCC21OC(=O)N(CC(=O)N2[C@@H](C)CC[C@H]2C2CCC(F)(F)CC2)C1=O. The highest BCUT2D eigenvalue weighted by atomic mass is 19.3. The minimum Gasteiger partial charge on any atom is -0.427 e. The third-order valence-electron chi connectivity index (χ3n) is 8.44. The van der Waals surface area contributed by atoms with E-state index in [9.17, 15) is 28.0 Å². The van der Waals surface area contributed by atoms with Crippen molar-refractivity contribution in [3.8, 4) is 0 Å². The van der Waals surface area contributed by atoms with Gasteiger partial charge in [-0.25, -0.2) is 23.3 Å². The van der Waals surface area contributed by atoms with E-state index in [0.29, 0.717) is 30.5 Å². The van der Waals surface area contributed by atoms with Crippen LogP contribution in [0.25, 0.3) is 0 Å². The Hall–Kier alpha value is -3.24. The Bertz CT molecular complexity index is 1130. The Morgan fingerprint density at radius 3 is 2.54 bits per heavy atom. The zero-order chi connectivity index (χ0) is 26.5. The maximum atomic E-state index is 13.7. The van der Waals surface area contributed by atoms with Gasteiger partial charge in [0.2, 0.25) is 17.4 Å². The number of imide groups is 1. The number of alkyl halides is 2. The molecule has 1 unspecified atom stereocenters. The number of nitrogens with one attached hydrogen (secondary N) is 2. The zero-order valence-electron chi connectivity index (χ0n) is 21.0. The van der Waals surface area contributed by atoms with Crippen LogP contribution in [-0.4, -0.2) is 65.3 Å². The number of hydrogen-bond acceptors (Lipinski definition) is 5. The molecule has 200 valence electrons. The van der Waals surface area contributed by atoms with Crippen LogP contribution in [0.15, 0.2) is 18.2 Å². The van der Waals surface area contributed by atoms with E-state index in [1.54, 1.807) is 23.1 Å². The fourth-order valence-corrected chi connectivity index (χ4v) is 6.50. The summed E-state index contributed by atoms with van der Waals surface area (Å²) in [5.41, 5.74) is 0.404. The van der Waals surface area contributed by atoms with Gasteiger partial charge in [-0.2, -0.15) is 0 Å². The second-order valence-electron chi connectivity index (χ2n) is 10.7. The van der Waals surface area contributed by atoms with Gasteiger partial charge in [0, 0.05) is 49.6 Å². The number of fused-ring (bicyclic) bond motifs is 2. The van der Waals surface area contributed by atoms with Crippen molar-refractivity contribution in [1.82, 2.24) is 15.1 Å². The Morgan fingerprint density at radius 2 is 1.84 bits per heavy atom. The van der Waals surface area contributed by atoms with Gasteiger partial charge in [-0.05, 0) is 62.6 Å². The van der Waals surface area contributed by atoms with E-state index >= 15 is 0 Å². The van der Waals surface area contributed by atoms with Gasteiger partial charge in [0.15, 0.2) is 0 Å². The highest BCUT2D eigenvalue weighted by Gasteiger charge is 2.58. The van der Waals surface area contributed by atoms with Crippen molar-refractivity contribution in [3.63, 3.8) is 0 Å². The average molecular weight is 519 g/mol. The van der Waals surface area contributed by atoms with Crippen LogP contribution < -0.4 is 10.6 Å². The van der Waals surface area contributed by atoms with Crippen molar-refractivity contribution in [2.45, 2.75) is 81.9 Å². The molecule has 2 N–H and O–H groups in total. The third kappa shape index (κ3) is 4.42. The molecule has 1 spiro atoms. The number of nitrogens with zero attached hydrogens (tertiary/aromatic N) is 2. The van der Waals surface area contributed by atoms with E-state index in [0.717, 1.165) is 23.3 Å². The van der Waals surface area contributed by atoms with Gasteiger partial charge in [-0.15, -0.1) is 0 Å². The van der Waals surface area contributed by atoms with Crippen molar-refractivity contribution in [1.29, 1.82) is 0 Å². The van der Waals surface area contributed by atoms with Gasteiger partial charge in [0.25, 0.3) is 5.91 Å². The maximum Gasteiger partial charge on any atom is 0.418 e. The molecule has 2 saturated heterocycles. The molecule has 5 amide bonds. The Balaban J connectivity index is 1.31. The van der Waals surface area contributed by atoms with Crippen LogP contribution in [0, 0.1) is 5.92 Å². The van der Waals surface area contributed by atoms with Crippen LogP contribution >= 0.6 is 0 Å². The number of hydrogen-bond donors (Lipinski definition) is 2. The number of halogens is 2. The van der Waals surface area contributed by atoms with Crippen LogP contribution in [0.3, 0.4) is 0 Å². The first kappa shape index (κ1) is 25.4. The lowest BCUT2D eigenvalue weighted by molar-refractivity contribution is -0.143. The molecular weight excluding hydrogens is 486 g/mol. The monoisotopic (exact) mass is 518 g/mol. The number of amides is 5. The lowest BCUT2D eigenvalue weighted by Crippen LogP contribution is -2.50. The molecule has 1 aromatic carbocycles. The Kier molecular flexibility index (Phi) is 6.35. The highest BCUT2D eigenvalue weighted by molar-refractivity contribution is 6.06. The van der Waals surface area contributed by atoms with Crippen molar-refractivity contribution in [2.24, 2.45) is 5.92 Å². The predicted octanol–water partition coefficient (Wildman–Crippen LogP) is 3.76. The van der Waals surface area contributed by atoms with Gasteiger partial charge >= 0.3 is 12.1 Å². The quantitative estimate of drug-likeness (QED) is 0.631. The van der Waals surface area contributed by atoms with Crippen molar-refractivity contribution < 1.29 is 32.7 Å². The summed E-state index contributed by atoms with van der Waals surface area (Å²) in [6, 6.07) is 4.42. The second kappa shape index (κ2) is 9.25. The molecule has 11 heteroatoms. The summed E-state index contributed by atoms with van der Waals surface area (Å²) in [4.78, 5) is 54.1. The first-order valence-corrected chi connectivity index (χ1v) is 12.9. The summed E-state index contributed by atoms with van der Waals surface area (Å²) >= 11 is 0. The number of benzene rings is 1. The number of anilines is 1. The predicted molar refractivity (Wildman–Crippen MR) is 129 cm³/mol. The molecule has 9 nitrogen and oxygen atoms in total. The molecule has 0 radical (unpaired) electrons. The van der Waals surface area contributed by atoms with Crippen LogP contribution in [0.5, 0.6) is 0 Å². The van der Waals surface area contributed by atoms with Gasteiger partial charge in [0.05, 0.1) is 0 Å². The Morgan fingerprint density at radius 1 is 1.11 bits per heavy atom. The highest BCUT2D eigenvalue weighted by Crippen LogP contribution is 2.46. The molecule has 2 aliphatic heterocycles. The number of rotatable bonds is 4. The molecule has 37 heavy (non-hydrogen) atoms. The lowest BCUT2D eigenvalue weighted by atomic mass is 9.81. The number of ether oxygens (including phenoxy) is 1. The molecule has 2 heterocycles. The van der Waals surface area contributed by atoms with Crippen molar-refractivity contribution >= 4 is 29.6 Å². The van der Waals surface area contributed by atoms with Crippen LogP contribution in [0.4, 0.5) is 24.1 Å². The molecule has 3 fully saturated rings. The number of carbonyl (C=O) groups is 4. The van der Waals surface area contributed by atoms with E-state index in [2.05, 4.69) is 10.6 Å². The van der Waals surface area contributed by atoms with Gasteiger partial charge in [-0.3, -0.25) is 9.59 Å². The van der Waals surface area contributed by atoms with Gasteiger partial charge in [0.1, 0.15) is 6.54 Å². The Labute approximate surface area is 213 Å². The first-order valence-electron chi connectivity index (χ1n) is 12.9. The van der Waals surface area contributed by atoms with E-state index in [4.69, 9.17) is 4.74 Å². The standard InChI is InChI=1S/C26H32F2N4O5/c1-15-3-6-20(16-7-10-25(27,28)11-8-16)32(15)21(33)14-31-22(34)26(37-24(31)36)12-9-17-13-18(4-5-19(17)26)30-23(35)29-2/h4-5,13,15-16,20H,3,6-12,14H2,1-2H3,(H2,29,30,35)/t15-,20-,26?/m0/s1. The summed E-state index contributed by atoms with van der Waals surface area (Å²) in [5.74, 6) is -3.59. The molecular formula is C26H32F2N4O5. The summed E-state index contributed by atoms with van der Waals surface area (Å²) in [5, 5.41) is 5.15. The minimum absolute atomic E-state index is 0.0135. The minimum atomic E-state index is -2.65. The molecule has 2 aliphatic carbocycles. The second-order valence-corrected chi connectivity index (χ2v) is 10.7. The van der Waals surface area contributed by atoms with E-state index < -0.39 is 30.1 Å². The normalized spacial score (nSPS) is 29.0. The topological polar surface area (TPSA) is 108 Å². The molecule has 4 aliphatic rings. The third-order valence-corrected chi connectivity index (χ3v) is 8.44.